The number of allylic oxidation sites excluding steroid dienone is 1. The second-order valence-corrected chi connectivity index (χ2v) is 5.21. The topological polar surface area (TPSA) is 12.0 Å². The fraction of sp³-hybridized carbons (Fsp3) is 0.467. The molecule has 3 heteroatoms. The second kappa shape index (κ2) is 6.35. The summed E-state index contributed by atoms with van der Waals surface area (Å²) in [6.45, 7) is 0. The third-order valence-corrected chi connectivity index (χ3v) is 3.91. The zero-order chi connectivity index (χ0) is 13.0. The molecule has 1 aliphatic carbocycles. The Morgan fingerprint density at radius 3 is 2.83 bits per heavy atom. The van der Waals surface area contributed by atoms with Gasteiger partial charge in [-0.05, 0) is 56.8 Å². The molecule has 0 radical (unpaired) electrons. The van der Waals surface area contributed by atoms with Crippen LogP contribution in [0.1, 0.15) is 31.2 Å². The Morgan fingerprint density at radius 1 is 1.39 bits per heavy atom. The molecule has 1 nitrogen and oxygen atoms in total. The molecule has 0 fully saturated rings. The summed E-state index contributed by atoms with van der Waals surface area (Å²) in [5.74, 6) is -0.276. The maximum Gasteiger partial charge on any atom is 0.124 e. The van der Waals surface area contributed by atoms with Gasteiger partial charge in [0, 0.05) is 11.1 Å². The molecule has 0 aromatic heterocycles. The fourth-order valence-corrected chi connectivity index (χ4v) is 2.75. The Labute approximate surface area is 113 Å². The Bertz CT molecular complexity index is 442. The van der Waals surface area contributed by atoms with Crippen LogP contribution in [0, 0.1) is 5.82 Å². The highest BCUT2D eigenvalue weighted by atomic mass is 35.5. The van der Waals surface area contributed by atoms with Gasteiger partial charge in [0.05, 0.1) is 0 Å². The fourth-order valence-electron chi connectivity index (χ4n) is 2.51. The van der Waals surface area contributed by atoms with Crippen LogP contribution >= 0.6 is 11.6 Å². The lowest BCUT2D eigenvalue weighted by Gasteiger charge is -2.23. The number of rotatable bonds is 4. The van der Waals surface area contributed by atoms with Crippen molar-refractivity contribution >= 4 is 11.6 Å². The minimum atomic E-state index is -0.276. The minimum absolute atomic E-state index is 0.276. The van der Waals surface area contributed by atoms with E-state index in [0.29, 0.717) is 11.1 Å². The van der Waals surface area contributed by atoms with Crippen LogP contribution < -0.4 is 5.32 Å². The molecule has 0 saturated carbocycles. The van der Waals surface area contributed by atoms with Crippen molar-refractivity contribution in [2.24, 2.45) is 0 Å². The third kappa shape index (κ3) is 3.33. The molecule has 2 rings (SSSR count). The van der Waals surface area contributed by atoms with E-state index in [1.165, 1.54) is 37.0 Å². The van der Waals surface area contributed by atoms with Crippen molar-refractivity contribution in [1.29, 1.82) is 0 Å². The smallest absolute Gasteiger partial charge is 0.124 e. The second-order valence-electron chi connectivity index (χ2n) is 4.81. The van der Waals surface area contributed by atoms with Crippen molar-refractivity contribution in [3.63, 3.8) is 0 Å². The predicted molar refractivity (Wildman–Crippen MR) is 74.5 cm³/mol. The van der Waals surface area contributed by atoms with Crippen LogP contribution in [0.15, 0.2) is 29.8 Å². The van der Waals surface area contributed by atoms with Crippen LogP contribution in [-0.4, -0.2) is 13.1 Å². The predicted octanol–water partition coefficient (Wildman–Crippen LogP) is 4.11. The maximum atomic E-state index is 13.0. The summed E-state index contributed by atoms with van der Waals surface area (Å²) in [6.07, 6.45) is 8.04. The van der Waals surface area contributed by atoms with E-state index in [0.717, 1.165) is 18.4 Å². The van der Waals surface area contributed by atoms with Gasteiger partial charge in [-0.25, -0.2) is 4.39 Å². The summed E-state index contributed by atoms with van der Waals surface area (Å²) in [5, 5.41) is 3.86. The summed E-state index contributed by atoms with van der Waals surface area (Å²) in [7, 11) is 1.97. The third-order valence-electron chi connectivity index (χ3n) is 3.56. The lowest BCUT2D eigenvalue weighted by Crippen LogP contribution is -2.30. The van der Waals surface area contributed by atoms with Crippen molar-refractivity contribution in [1.82, 2.24) is 5.32 Å². The van der Waals surface area contributed by atoms with Gasteiger partial charge >= 0.3 is 0 Å². The van der Waals surface area contributed by atoms with Gasteiger partial charge in [0.1, 0.15) is 5.82 Å². The van der Waals surface area contributed by atoms with Gasteiger partial charge in [0.25, 0.3) is 0 Å². The number of hydrogen-bond acceptors (Lipinski definition) is 1. The number of halogens is 2. The number of likely N-dealkylation sites (N-methyl/N-ethyl adjacent to an activating group) is 1. The van der Waals surface area contributed by atoms with E-state index < -0.39 is 0 Å². The molecule has 0 aliphatic heterocycles. The Balaban J connectivity index is 2.12. The normalized spacial score (nSPS) is 17.4. The highest BCUT2D eigenvalue weighted by Crippen LogP contribution is 2.25. The number of nitrogens with one attached hydrogen (secondary N) is 1. The molecule has 0 bridgehead atoms. The quantitative estimate of drug-likeness (QED) is 0.810. The zero-order valence-corrected chi connectivity index (χ0v) is 11.4. The van der Waals surface area contributed by atoms with Crippen LogP contribution in [0.2, 0.25) is 5.02 Å². The number of benzene rings is 1. The van der Waals surface area contributed by atoms with E-state index in [2.05, 4.69) is 11.4 Å². The molecular weight excluding hydrogens is 249 g/mol. The molecule has 1 aliphatic rings. The summed E-state index contributed by atoms with van der Waals surface area (Å²) < 4.78 is 13.0. The van der Waals surface area contributed by atoms with E-state index in [1.807, 2.05) is 7.05 Å². The zero-order valence-electron chi connectivity index (χ0n) is 10.7. The lowest BCUT2D eigenvalue weighted by atomic mass is 9.90. The van der Waals surface area contributed by atoms with Crippen molar-refractivity contribution in [2.75, 3.05) is 7.05 Å². The average molecular weight is 268 g/mol. The average Bonchev–Trinajstić information content (AvgIpc) is 2.39. The van der Waals surface area contributed by atoms with Crippen molar-refractivity contribution in [3.8, 4) is 0 Å². The van der Waals surface area contributed by atoms with Crippen LogP contribution in [-0.2, 0) is 6.42 Å². The SMILES string of the molecule is CNC(Cc1ccc(F)cc1Cl)C1=CCCCC1. The molecule has 1 aromatic carbocycles. The molecule has 0 spiro atoms. The standard InChI is InChI=1S/C15H19ClFN/c1-18-15(11-5-3-2-4-6-11)9-12-7-8-13(17)10-14(12)16/h5,7-8,10,15,18H,2-4,6,9H2,1H3. The summed E-state index contributed by atoms with van der Waals surface area (Å²) >= 11 is 6.08. The summed E-state index contributed by atoms with van der Waals surface area (Å²) in [6, 6.07) is 4.96. The van der Waals surface area contributed by atoms with Crippen molar-refractivity contribution in [2.45, 2.75) is 38.1 Å². The first-order chi connectivity index (χ1) is 8.70. The Morgan fingerprint density at radius 2 is 2.22 bits per heavy atom. The van der Waals surface area contributed by atoms with E-state index >= 15 is 0 Å². The van der Waals surface area contributed by atoms with Crippen molar-refractivity contribution < 1.29 is 4.39 Å². The van der Waals surface area contributed by atoms with E-state index in [9.17, 15) is 4.39 Å². The van der Waals surface area contributed by atoms with Crippen LogP contribution in [0.5, 0.6) is 0 Å². The monoisotopic (exact) mass is 267 g/mol. The molecule has 98 valence electrons. The summed E-state index contributed by atoms with van der Waals surface area (Å²) in [5.41, 5.74) is 2.47. The Kier molecular flexibility index (Phi) is 4.79. The van der Waals surface area contributed by atoms with E-state index in [4.69, 9.17) is 11.6 Å². The minimum Gasteiger partial charge on any atom is -0.313 e. The molecule has 1 aromatic rings. The lowest BCUT2D eigenvalue weighted by molar-refractivity contribution is 0.568. The molecule has 0 heterocycles. The van der Waals surface area contributed by atoms with Crippen LogP contribution in [0.3, 0.4) is 0 Å². The molecular formula is C15H19ClFN. The van der Waals surface area contributed by atoms with Gasteiger partial charge in [-0.3, -0.25) is 0 Å². The molecule has 0 amide bonds. The molecule has 1 N–H and O–H groups in total. The largest absolute Gasteiger partial charge is 0.313 e. The molecule has 1 atom stereocenters. The first-order valence-electron chi connectivity index (χ1n) is 6.51. The van der Waals surface area contributed by atoms with Gasteiger partial charge < -0.3 is 5.32 Å². The number of hydrogen-bond donors (Lipinski definition) is 1. The maximum absolute atomic E-state index is 13.0. The molecule has 1 unspecified atom stereocenters. The van der Waals surface area contributed by atoms with E-state index in [-0.39, 0.29) is 5.82 Å². The highest BCUT2D eigenvalue weighted by Gasteiger charge is 2.16. The molecule has 0 saturated heterocycles. The highest BCUT2D eigenvalue weighted by molar-refractivity contribution is 6.31. The van der Waals surface area contributed by atoms with Gasteiger partial charge in [-0.2, -0.15) is 0 Å². The first-order valence-corrected chi connectivity index (χ1v) is 6.88. The van der Waals surface area contributed by atoms with Gasteiger partial charge in [-0.15, -0.1) is 0 Å². The Hall–Kier alpha value is -0.860. The van der Waals surface area contributed by atoms with E-state index in [1.54, 1.807) is 6.07 Å². The van der Waals surface area contributed by atoms with Gasteiger partial charge in [0.15, 0.2) is 0 Å². The molecule has 18 heavy (non-hydrogen) atoms. The van der Waals surface area contributed by atoms with Gasteiger partial charge in [-0.1, -0.05) is 29.3 Å². The van der Waals surface area contributed by atoms with Crippen LogP contribution in [0.4, 0.5) is 4.39 Å². The van der Waals surface area contributed by atoms with Gasteiger partial charge in [0.2, 0.25) is 0 Å². The van der Waals surface area contributed by atoms with Crippen molar-refractivity contribution in [3.05, 3.63) is 46.3 Å². The summed E-state index contributed by atoms with van der Waals surface area (Å²) in [4.78, 5) is 0. The first kappa shape index (κ1) is 13.6. The van der Waals surface area contributed by atoms with Crippen LogP contribution in [0.25, 0.3) is 0 Å².